The SMILES string of the molecule is Cc1cccc(C)c1-n1c(C)cc([C@@H]2[C@@H](c3ccccn3)NC(=S)N2c2ccc(NC(=O)COc3ccccc3)cc2)c1C. The molecule has 0 radical (unpaired) electrons. The number of nitrogens with one attached hydrogen (secondary N) is 2. The van der Waals surface area contributed by atoms with Gasteiger partial charge in [0.1, 0.15) is 5.75 Å². The summed E-state index contributed by atoms with van der Waals surface area (Å²) in [6.45, 7) is 8.58. The highest BCUT2D eigenvalue weighted by Gasteiger charge is 2.42. The Labute approximate surface area is 263 Å². The van der Waals surface area contributed by atoms with Crippen molar-refractivity contribution in [2.75, 3.05) is 16.8 Å². The Morgan fingerprint density at radius 1 is 0.909 bits per heavy atom. The summed E-state index contributed by atoms with van der Waals surface area (Å²) in [7, 11) is 0. The molecule has 1 saturated heterocycles. The zero-order chi connectivity index (χ0) is 30.8. The van der Waals surface area contributed by atoms with Gasteiger partial charge in [-0.3, -0.25) is 9.78 Å². The highest BCUT2D eigenvalue weighted by molar-refractivity contribution is 7.80. The fourth-order valence-electron chi connectivity index (χ4n) is 6.11. The number of thiocarbonyl (C=S) groups is 1. The van der Waals surface area contributed by atoms with Gasteiger partial charge in [0, 0.05) is 29.0 Å². The quantitative estimate of drug-likeness (QED) is 0.182. The summed E-state index contributed by atoms with van der Waals surface area (Å²) in [5.41, 5.74) is 9.66. The number of hydrogen-bond acceptors (Lipinski definition) is 4. The summed E-state index contributed by atoms with van der Waals surface area (Å²) in [4.78, 5) is 19.4. The van der Waals surface area contributed by atoms with E-state index in [1.807, 2.05) is 79.0 Å². The Hall–Kier alpha value is -4.95. The van der Waals surface area contributed by atoms with Gasteiger partial charge in [-0.05, 0) is 111 Å². The molecule has 5 aromatic rings. The molecule has 0 aliphatic carbocycles. The van der Waals surface area contributed by atoms with Crippen molar-refractivity contribution in [3.63, 3.8) is 0 Å². The predicted molar refractivity (Wildman–Crippen MR) is 180 cm³/mol. The third kappa shape index (κ3) is 5.68. The van der Waals surface area contributed by atoms with Crippen molar-refractivity contribution in [2.45, 2.75) is 39.8 Å². The molecule has 0 saturated carbocycles. The Morgan fingerprint density at radius 2 is 1.61 bits per heavy atom. The van der Waals surface area contributed by atoms with Crippen LogP contribution in [0.2, 0.25) is 0 Å². The van der Waals surface area contributed by atoms with E-state index in [-0.39, 0.29) is 24.6 Å². The zero-order valence-electron chi connectivity index (χ0n) is 25.2. The zero-order valence-corrected chi connectivity index (χ0v) is 26.1. The number of ether oxygens (including phenoxy) is 1. The average molecular weight is 602 g/mol. The summed E-state index contributed by atoms with van der Waals surface area (Å²) in [6.07, 6.45) is 1.82. The van der Waals surface area contributed by atoms with Gasteiger partial charge in [0.05, 0.1) is 23.5 Å². The fraction of sp³-hybridized carbons (Fsp3) is 0.194. The molecule has 0 unspecified atom stereocenters. The molecule has 1 fully saturated rings. The van der Waals surface area contributed by atoms with Crippen molar-refractivity contribution in [3.05, 3.63) is 137 Å². The Balaban J connectivity index is 1.33. The fourth-order valence-corrected chi connectivity index (χ4v) is 6.45. The number of para-hydroxylation sites is 2. The van der Waals surface area contributed by atoms with E-state index in [2.05, 4.69) is 72.1 Å². The first-order valence-corrected chi connectivity index (χ1v) is 15.1. The van der Waals surface area contributed by atoms with Crippen LogP contribution in [0.4, 0.5) is 11.4 Å². The van der Waals surface area contributed by atoms with E-state index in [1.54, 1.807) is 0 Å². The number of nitrogens with zero attached hydrogens (tertiary/aromatic N) is 3. The van der Waals surface area contributed by atoms with Crippen LogP contribution >= 0.6 is 12.2 Å². The molecule has 6 rings (SSSR count). The van der Waals surface area contributed by atoms with Crippen LogP contribution in [0.15, 0.2) is 103 Å². The van der Waals surface area contributed by atoms with Gasteiger partial charge in [-0.2, -0.15) is 0 Å². The minimum Gasteiger partial charge on any atom is -0.484 e. The van der Waals surface area contributed by atoms with E-state index in [4.69, 9.17) is 21.9 Å². The van der Waals surface area contributed by atoms with E-state index in [1.165, 1.54) is 22.4 Å². The normalized spacial score (nSPS) is 16.1. The molecule has 7 nitrogen and oxygen atoms in total. The van der Waals surface area contributed by atoms with E-state index >= 15 is 0 Å². The first-order chi connectivity index (χ1) is 21.3. The lowest BCUT2D eigenvalue weighted by molar-refractivity contribution is -0.118. The molecular weight excluding hydrogens is 566 g/mol. The Morgan fingerprint density at radius 3 is 2.30 bits per heavy atom. The molecule has 2 aromatic heterocycles. The van der Waals surface area contributed by atoms with Gasteiger partial charge in [-0.15, -0.1) is 0 Å². The maximum atomic E-state index is 12.6. The Bertz CT molecular complexity index is 1780. The molecule has 3 heterocycles. The van der Waals surface area contributed by atoms with Crippen molar-refractivity contribution in [2.24, 2.45) is 0 Å². The topological polar surface area (TPSA) is 71.4 Å². The minimum absolute atomic E-state index is 0.0737. The largest absolute Gasteiger partial charge is 0.484 e. The second-order valence-corrected chi connectivity index (χ2v) is 11.5. The van der Waals surface area contributed by atoms with Crippen LogP contribution < -0.4 is 20.3 Å². The maximum absolute atomic E-state index is 12.6. The molecule has 0 bridgehead atoms. The number of pyridine rings is 1. The molecule has 0 spiro atoms. The summed E-state index contributed by atoms with van der Waals surface area (Å²) < 4.78 is 7.94. The second kappa shape index (κ2) is 12.3. The number of anilines is 2. The third-order valence-corrected chi connectivity index (χ3v) is 8.41. The monoisotopic (exact) mass is 601 g/mol. The number of amides is 1. The summed E-state index contributed by atoms with van der Waals surface area (Å²) >= 11 is 5.97. The number of rotatable bonds is 8. The highest BCUT2D eigenvalue weighted by Crippen LogP contribution is 2.44. The summed E-state index contributed by atoms with van der Waals surface area (Å²) in [5, 5.41) is 7.11. The summed E-state index contributed by atoms with van der Waals surface area (Å²) in [6, 6.07) is 31.4. The van der Waals surface area contributed by atoms with Crippen LogP contribution in [-0.2, 0) is 4.79 Å². The lowest BCUT2D eigenvalue weighted by atomic mass is 9.96. The molecule has 3 aromatic carbocycles. The van der Waals surface area contributed by atoms with Gasteiger partial charge in [-0.25, -0.2) is 0 Å². The number of hydrogen-bond donors (Lipinski definition) is 2. The van der Waals surface area contributed by atoms with E-state index < -0.39 is 0 Å². The van der Waals surface area contributed by atoms with Crippen molar-refractivity contribution >= 4 is 34.6 Å². The number of carbonyl (C=O) groups is 1. The molecule has 1 aliphatic heterocycles. The maximum Gasteiger partial charge on any atom is 0.262 e. The minimum atomic E-state index is -0.230. The van der Waals surface area contributed by atoms with Gasteiger partial charge in [0.15, 0.2) is 11.7 Å². The highest BCUT2D eigenvalue weighted by atomic mass is 32.1. The first-order valence-electron chi connectivity index (χ1n) is 14.7. The van der Waals surface area contributed by atoms with E-state index in [9.17, 15) is 4.79 Å². The number of benzene rings is 3. The molecule has 2 atom stereocenters. The third-order valence-electron chi connectivity index (χ3n) is 8.09. The molecule has 2 N–H and O–H groups in total. The molecule has 44 heavy (non-hydrogen) atoms. The lowest BCUT2D eigenvalue weighted by Gasteiger charge is -2.28. The van der Waals surface area contributed by atoms with Crippen molar-refractivity contribution < 1.29 is 9.53 Å². The lowest BCUT2D eigenvalue weighted by Crippen LogP contribution is -2.29. The van der Waals surface area contributed by atoms with Gasteiger partial charge in [0.2, 0.25) is 0 Å². The van der Waals surface area contributed by atoms with Crippen LogP contribution in [0.5, 0.6) is 5.75 Å². The van der Waals surface area contributed by atoms with Gasteiger partial charge in [0.25, 0.3) is 5.91 Å². The first kappa shape index (κ1) is 29.1. The predicted octanol–water partition coefficient (Wildman–Crippen LogP) is 7.30. The smallest absolute Gasteiger partial charge is 0.262 e. The van der Waals surface area contributed by atoms with Crippen LogP contribution in [0, 0.1) is 27.7 Å². The van der Waals surface area contributed by atoms with Gasteiger partial charge >= 0.3 is 0 Å². The van der Waals surface area contributed by atoms with Gasteiger partial charge < -0.3 is 24.8 Å². The number of aryl methyl sites for hydroxylation is 3. The average Bonchev–Trinajstić information content (AvgIpc) is 3.52. The molecule has 8 heteroatoms. The van der Waals surface area contributed by atoms with Crippen molar-refractivity contribution in [1.29, 1.82) is 0 Å². The summed E-state index contributed by atoms with van der Waals surface area (Å²) in [5.74, 6) is 0.422. The number of carbonyl (C=O) groups excluding carboxylic acids is 1. The second-order valence-electron chi connectivity index (χ2n) is 11.1. The van der Waals surface area contributed by atoms with Crippen LogP contribution in [0.25, 0.3) is 5.69 Å². The van der Waals surface area contributed by atoms with Gasteiger partial charge in [-0.1, -0.05) is 42.5 Å². The molecule has 1 aliphatic rings. The molecular formula is C36H35N5O2S. The van der Waals surface area contributed by atoms with Crippen molar-refractivity contribution in [3.8, 4) is 11.4 Å². The van der Waals surface area contributed by atoms with E-state index in [0.717, 1.165) is 22.8 Å². The molecule has 1 amide bonds. The number of aromatic nitrogens is 2. The van der Waals surface area contributed by atoms with Crippen molar-refractivity contribution in [1.82, 2.24) is 14.9 Å². The van der Waals surface area contributed by atoms with Crippen LogP contribution in [-0.4, -0.2) is 27.2 Å². The molecule has 222 valence electrons. The van der Waals surface area contributed by atoms with Crippen LogP contribution in [0.3, 0.4) is 0 Å². The Kier molecular flexibility index (Phi) is 8.17. The standard InChI is InChI=1S/C36H35N5O2S/c1-23-11-10-12-24(2)34(23)40-25(3)21-30(26(40)4)35-33(31-15-8-9-20-37-31)39-36(44)41(35)28-18-16-27(17-19-28)38-32(42)22-43-29-13-6-5-7-14-29/h5-21,33,35H,22H2,1-4H3,(H,38,42)(H,39,44)/t33-,35-/m1/s1. The van der Waals surface area contributed by atoms with E-state index in [0.29, 0.717) is 16.5 Å². The van der Waals surface area contributed by atoms with Crippen LogP contribution in [0.1, 0.15) is 45.9 Å².